The maximum atomic E-state index is 15.4. The number of nitrogens with zero attached hydrogens (tertiary/aromatic N) is 2. The van der Waals surface area contributed by atoms with Gasteiger partial charge in [0.05, 0.1) is 33.9 Å². The van der Waals surface area contributed by atoms with Crippen LogP contribution >= 0.6 is 0 Å². The Morgan fingerprint density at radius 1 is 0.440 bits per heavy atom. The Morgan fingerprint density at radius 2 is 0.760 bits per heavy atom. The third-order valence-corrected chi connectivity index (χ3v) is 9.28. The molecule has 2 aromatic carbocycles. The lowest BCUT2D eigenvalue weighted by Crippen LogP contribution is -2.30. The van der Waals surface area contributed by atoms with Crippen molar-refractivity contribution in [2.75, 3.05) is 0 Å². The van der Waals surface area contributed by atoms with Crippen molar-refractivity contribution in [2.24, 2.45) is 15.4 Å². The van der Waals surface area contributed by atoms with E-state index in [-0.39, 0.29) is 33.9 Å². The second-order valence-corrected chi connectivity index (χ2v) is 12.9. The van der Waals surface area contributed by atoms with Crippen LogP contribution in [-0.2, 0) is 5.41 Å². The van der Waals surface area contributed by atoms with Crippen molar-refractivity contribution in [2.45, 2.75) is 33.1 Å². The quantitative estimate of drug-likeness (QED) is 0.119. The number of fused-ring (bicyclic) bond motifs is 6. The summed E-state index contributed by atoms with van der Waals surface area (Å²) < 4.78 is 148. The molecule has 0 radical (unpaired) electrons. The molecule has 0 unspecified atom stereocenters. The molecule has 4 aromatic rings. The van der Waals surface area contributed by atoms with Crippen molar-refractivity contribution in [3.05, 3.63) is 152 Å². The molecule has 0 aliphatic carbocycles. The molecule has 0 fully saturated rings. The Morgan fingerprint density at radius 3 is 1.10 bits per heavy atom. The van der Waals surface area contributed by atoms with Crippen LogP contribution in [0, 0.1) is 63.6 Å². The number of benzene rings is 2. The topological polar surface area (TPSA) is 56.3 Å². The van der Waals surface area contributed by atoms with Crippen molar-refractivity contribution >= 4 is 22.6 Å². The number of aromatic amines is 2. The van der Waals surface area contributed by atoms with Gasteiger partial charge in [-0.2, -0.15) is 0 Å². The Hall–Kier alpha value is -5.40. The smallest absolute Gasteiger partial charge is 0.200 e. The summed E-state index contributed by atoms with van der Waals surface area (Å²) in [5, 5.41) is 0. The highest BCUT2D eigenvalue weighted by Crippen LogP contribution is 2.43. The number of nitrogens with one attached hydrogen (secondary N) is 2. The number of rotatable bonds is 2. The maximum absolute atomic E-state index is 15.4. The average Bonchev–Trinajstić information content (AvgIpc) is 3.91. The minimum absolute atomic E-state index is 0.00000771. The van der Waals surface area contributed by atoms with E-state index in [1.807, 2.05) is 0 Å². The number of hydrogen-bond acceptors (Lipinski definition) is 2. The van der Waals surface area contributed by atoms with Gasteiger partial charge in [-0.1, -0.05) is 0 Å². The second kappa shape index (κ2) is 11.1. The lowest BCUT2D eigenvalue weighted by Gasteiger charge is -2.23. The zero-order valence-electron chi connectivity index (χ0n) is 26.3. The molecule has 3 aliphatic heterocycles. The van der Waals surface area contributed by atoms with Crippen LogP contribution in [0.2, 0.25) is 0 Å². The SMILES string of the molecule is CC1(C)C2=N/C(=C(/c3c(F)c(F)c(F)c(F)c3F)c3c[nH]c(c3)C(C)(C)c3cc(c[nH]3)/C(c3c(F)c(F)c(F)c(F)c3F)=C3/C=CC1=N3)C=C2. The van der Waals surface area contributed by atoms with Crippen LogP contribution in [0.3, 0.4) is 0 Å². The summed E-state index contributed by atoms with van der Waals surface area (Å²) in [7, 11) is 0. The van der Waals surface area contributed by atoms with Gasteiger partial charge >= 0.3 is 0 Å². The summed E-state index contributed by atoms with van der Waals surface area (Å²) in [6.45, 7) is 6.57. The van der Waals surface area contributed by atoms with E-state index >= 15 is 17.6 Å². The van der Waals surface area contributed by atoms with Crippen LogP contribution in [0.4, 0.5) is 43.9 Å². The van der Waals surface area contributed by atoms with Gasteiger partial charge in [-0.3, -0.25) is 9.98 Å². The second-order valence-electron chi connectivity index (χ2n) is 12.9. The summed E-state index contributed by atoms with van der Waals surface area (Å²) in [6, 6.07) is 2.83. The summed E-state index contributed by atoms with van der Waals surface area (Å²) in [4.78, 5) is 15.0. The molecule has 0 atom stereocenters. The first-order valence-corrected chi connectivity index (χ1v) is 14.9. The van der Waals surface area contributed by atoms with Crippen LogP contribution in [-0.4, -0.2) is 21.4 Å². The molecule has 2 aromatic heterocycles. The largest absolute Gasteiger partial charge is 0.364 e. The Labute approximate surface area is 277 Å². The van der Waals surface area contributed by atoms with Crippen LogP contribution in [0.1, 0.15) is 61.3 Å². The molecule has 2 N–H and O–H groups in total. The highest BCUT2D eigenvalue weighted by molar-refractivity contribution is 6.22. The number of allylic oxidation sites excluding steroid dienone is 4. The Balaban J connectivity index is 1.56. The molecule has 4 nitrogen and oxygen atoms in total. The standard InChI is InChI=1S/C36H22F10N4/c1-35(2)17-7-5-15(49-17)21(23-25(37)29(41)33(45)30(42)26(23)38)13-9-19(47-11-13)36(3,4)20-10-14(12-48-20)22(16-6-8-18(35)50-16)24-27(39)31(43)34(46)32(44)28(24)40/h5-12,47-48H,1-4H3/b21-15+,22-16+. The highest BCUT2D eigenvalue weighted by atomic mass is 19.2. The van der Waals surface area contributed by atoms with E-state index in [0.717, 1.165) is 0 Å². The molecule has 3 aliphatic rings. The van der Waals surface area contributed by atoms with Crippen molar-refractivity contribution in [1.29, 1.82) is 0 Å². The summed E-state index contributed by atoms with van der Waals surface area (Å²) in [6.07, 6.45) is 8.13. The lowest BCUT2D eigenvalue weighted by molar-refractivity contribution is 0.376. The van der Waals surface area contributed by atoms with Gasteiger partial charge in [0.25, 0.3) is 0 Å². The van der Waals surface area contributed by atoms with Crippen molar-refractivity contribution in [3.63, 3.8) is 0 Å². The van der Waals surface area contributed by atoms with Gasteiger partial charge < -0.3 is 9.97 Å². The minimum atomic E-state index is -2.33. The van der Waals surface area contributed by atoms with Crippen LogP contribution in [0.5, 0.6) is 0 Å². The zero-order valence-corrected chi connectivity index (χ0v) is 26.3. The molecular weight excluding hydrogens is 678 g/mol. The first kappa shape index (κ1) is 33.1. The van der Waals surface area contributed by atoms with Gasteiger partial charge in [-0.25, -0.2) is 43.9 Å². The van der Waals surface area contributed by atoms with E-state index in [0.29, 0.717) is 11.4 Å². The fraction of sp³-hybridized carbons (Fsp3) is 0.167. The first-order chi connectivity index (χ1) is 23.5. The maximum Gasteiger partial charge on any atom is 0.200 e. The third-order valence-electron chi connectivity index (χ3n) is 9.28. The lowest BCUT2D eigenvalue weighted by atomic mass is 9.82. The van der Waals surface area contributed by atoms with Gasteiger partial charge in [0.2, 0.25) is 11.6 Å². The fourth-order valence-electron chi connectivity index (χ4n) is 6.26. The van der Waals surface area contributed by atoms with Crippen molar-refractivity contribution < 1.29 is 43.9 Å². The molecule has 50 heavy (non-hydrogen) atoms. The van der Waals surface area contributed by atoms with Gasteiger partial charge in [0.1, 0.15) is 0 Å². The number of hydrogen-bond donors (Lipinski definition) is 2. The van der Waals surface area contributed by atoms with Gasteiger partial charge in [-0.05, 0) is 64.1 Å². The van der Waals surface area contributed by atoms with Crippen molar-refractivity contribution in [1.82, 2.24) is 9.97 Å². The van der Waals surface area contributed by atoms with Gasteiger partial charge in [0.15, 0.2) is 46.5 Å². The predicted octanol–water partition coefficient (Wildman–Crippen LogP) is 9.64. The number of aromatic nitrogens is 2. The van der Waals surface area contributed by atoms with E-state index < -0.39 is 91.3 Å². The van der Waals surface area contributed by atoms with E-state index in [1.165, 1.54) is 48.8 Å². The molecule has 7 rings (SSSR count). The summed E-state index contributed by atoms with van der Waals surface area (Å²) >= 11 is 0. The third kappa shape index (κ3) is 4.60. The predicted molar refractivity (Wildman–Crippen MR) is 165 cm³/mol. The Bertz CT molecular complexity index is 2160. The number of halogens is 10. The summed E-state index contributed by atoms with van der Waals surface area (Å²) in [5.74, 6) is -21.5. The molecule has 0 saturated heterocycles. The molecule has 0 amide bonds. The normalized spacial score (nSPS) is 20.5. The van der Waals surface area contributed by atoms with Gasteiger partial charge in [-0.15, -0.1) is 0 Å². The summed E-state index contributed by atoms with van der Waals surface area (Å²) in [5.41, 5.74) is -4.81. The molecule has 14 heteroatoms. The molecule has 8 bridgehead atoms. The van der Waals surface area contributed by atoms with E-state index in [4.69, 9.17) is 0 Å². The number of aliphatic imine (C=N–C) groups is 2. The van der Waals surface area contributed by atoms with Crippen LogP contribution in [0.15, 0.2) is 70.2 Å². The van der Waals surface area contributed by atoms with E-state index in [1.54, 1.807) is 27.7 Å². The molecule has 256 valence electrons. The molecule has 0 saturated carbocycles. The Kier molecular flexibility index (Phi) is 7.32. The number of H-pyrrole nitrogens is 2. The molecule has 5 heterocycles. The minimum Gasteiger partial charge on any atom is -0.364 e. The van der Waals surface area contributed by atoms with E-state index in [2.05, 4.69) is 20.0 Å². The zero-order chi connectivity index (χ0) is 36.2. The van der Waals surface area contributed by atoms with Gasteiger partial charge in [0, 0.05) is 56.9 Å². The average molecular weight is 701 g/mol. The first-order valence-electron chi connectivity index (χ1n) is 14.9. The molecule has 0 spiro atoms. The monoisotopic (exact) mass is 700 g/mol. The van der Waals surface area contributed by atoms with Crippen LogP contribution in [0.25, 0.3) is 11.1 Å². The molecular formula is C36H22F10N4. The highest BCUT2D eigenvalue weighted by Gasteiger charge is 2.38. The van der Waals surface area contributed by atoms with Crippen LogP contribution < -0.4 is 0 Å². The fourth-order valence-corrected chi connectivity index (χ4v) is 6.26. The van der Waals surface area contributed by atoms with Crippen molar-refractivity contribution in [3.8, 4) is 0 Å². The van der Waals surface area contributed by atoms with E-state index in [9.17, 15) is 26.3 Å².